The Balaban J connectivity index is -0.0000000432. The Bertz CT molecular complexity index is 678. The number of hydrogen-bond donors (Lipinski definition) is 0. The van der Waals surface area contributed by atoms with Crippen LogP contribution in [0, 0.1) is 0 Å². The highest BCUT2D eigenvalue weighted by molar-refractivity contribution is 5.62. The van der Waals surface area contributed by atoms with Gasteiger partial charge in [0.15, 0.2) is 0 Å². The topological polar surface area (TPSA) is 0 Å². The minimum Gasteiger partial charge on any atom is -0.0919 e. The zero-order valence-electron chi connectivity index (χ0n) is 34.9. The summed E-state index contributed by atoms with van der Waals surface area (Å²) in [7, 11) is 0. The highest BCUT2D eigenvalue weighted by Gasteiger charge is 1.91. The van der Waals surface area contributed by atoms with E-state index in [1.807, 2.05) is 236 Å². The summed E-state index contributed by atoms with van der Waals surface area (Å²) in [5.74, 6) is 0. The van der Waals surface area contributed by atoms with Crippen molar-refractivity contribution in [2.24, 2.45) is 0 Å². The molecule has 276 valence electrons. The van der Waals surface area contributed by atoms with E-state index in [9.17, 15) is 0 Å². The fraction of sp³-hybridized carbons (Fsp3) is 0.447. The molecule has 0 aliphatic rings. The smallest absolute Gasteiger partial charge is 0.0184 e. The van der Waals surface area contributed by atoms with E-state index in [2.05, 4.69) is 48.5 Å². The fourth-order valence-corrected chi connectivity index (χ4v) is 2.03. The van der Waals surface area contributed by atoms with Crippen LogP contribution >= 0.6 is 0 Å². The lowest BCUT2D eigenvalue weighted by molar-refractivity contribution is 1.50. The highest BCUT2D eigenvalue weighted by atomic mass is 14.0. The van der Waals surface area contributed by atoms with E-state index < -0.39 is 0 Å². The molecule has 0 N–H and O–H groups in total. The van der Waals surface area contributed by atoms with Gasteiger partial charge in [0, 0.05) is 0 Å². The van der Waals surface area contributed by atoms with Gasteiger partial charge in [-0.25, -0.2) is 0 Å². The number of rotatable bonds is 1. The lowest BCUT2D eigenvalue weighted by Crippen LogP contribution is -1.73. The molecule has 0 fully saturated rings. The SMILES string of the molecule is C.C/C=C/C.CC.CC.CC.CC.CC.CC.CC.CC.CC.c1ccc(-c2ccccc2)cc1.c1ccccc1.c1ccccc1. The van der Waals surface area contributed by atoms with E-state index in [4.69, 9.17) is 0 Å². The normalized spacial score (nSPS) is 6.47. The molecule has 0 nitrogen and oxygen atoms in total. The molecule has 4 aromatic carbocycles. The van der Waals surface area contributed by atoms with Crippen LogP contribution in [-0.4, -0.2) is 0 Å². The Labute approximate surface area is 301 Å². The van der Waals surface area contributed by atoms with Crippen molar-refractivity contribution in [2.75, 3.05) is 0 Å². The molecule has 0 unspecified atom stereocenters. The van der Waals surface area contributed by atoms with Gasteiger partial charge >= 0.3 is 0 Å². The average molecular weight is 653 g/mol. The first-order valence-electron chi connectivity index (χ1n) is 18.6. The third-order valence-electron chi connectivity index (χ3n) is 3.55. The van der Waals surface area contributed by atoms with Crippen LogP contribution in [-0.2, 0) is 0 Å². The minimum atomic E-state index is 0. The third-order valence-corrected chi connectivity index (χ3v) is 3.55. The first-order chi connectivity index (χ1) is 22.9. The molecule has 0 radical (unpaired) electrons. The second-order valence-corrected chi connectivity index (χ2v) is 5.71. The van der Waals surface area contributed by atoms with E-state index >= 15 is 0 Å². The van der Waals surface area contributed by atoms with Gasteiger partial charge in [-0.1, -0.05) is 278 Å². The molecule has 4 rings (SSSR count). The Kier molecular flexibility index (Phi) is 155. The largest absolute Gasteiger partial charge is 0.0919 e. The summed E-state index contributed by atoms with van der Waals surface area (Å²) in [5, 5.41) is 0. The summed E-state index contributed by atoms with van der Waals surface area (Å²) in [6.45, 7) is 40.0. The average Bonchev–Trinajstić information content (AvgIpc) is 3.24. The van der Waals surface area contributed by atoms with Gasteiger partial charge in [0.2, 0.25) is 0 Å². The van der Waals surface area contributed by atoms with E-state index in [0.29, 0.717) is 0 Å². The zero-order valence-corrected chi connectivity index (χ0v) is 34.9. The fourth-order valence-electron chi connectivity index (χ4n) is 2.03. The summed E-state index contributed by atoms with van der Waals surface area (Å²) in [4.78, 5) is 0. The van der Waals surface area contributed by atoms with Crippen LogP contribution < -0.4 is 0 Å². The molecule has 0 bridgehead atoms. The zero-order chi connectivity index (χ0) is 38.1. The maximum Gasteiger partial charge on any atom is -0.0184 e. The third kappa shape index (κ3) is 80.2. The van der Waals surface area contributed by atoms with Crippen molar-refractivity contribution in [3.8, 4) is 11.1 Å². The summed E-state index contributed by atoms with van der Waals surface area (Å²) < 4.78 is 0. The Morgan fingerprint density at radius 2 is 0.340 bits per heavy atom. The lowest BCUT2D eigenvalue weighted by atomic mass is 10.1. The van der Waals surface area contributed by atoms with Gasteiger partial charge in [0.1, 0.15) is 0 Å². The molecular formula is C47H88. The van der Waals surface area contributed by atoms with Crippen molar-refractivity contribution in [3.05, 3.63) is 146 Å². The van der Waals surface area contributed by atoms with Crippen molar-refractivity contribution in [3.63, 3.8) is 0 Å². The van der Waals surface area contributed by atoms with Crippen LogP contribution in [0.5, 0.6) is 0 Å². The number of hydrogen-bond acceptors (Lipinski definition) is 0. The number of benzene rings is 4. The first-order valence-corrected chi connectivity index (χ1v) is 18.6. The molecule has 0 aliphatic heterocycles. The van der Waals surface area contributed by atoms with Gasteiger partial charge in [0.25, 0.3) is 0 Å². The van der Waals surface area contributed by atoms with Gasteiger partial charge in [-0.3, -0.25) is 0 Å². The van der Waals surface area contributed by atoms with Crippen molar-refractivity contribution in [1.82, 2.24) is 0 Å². The van der Waals surface area contributed by atoms with Gasteiger partial charge < -0.3 is 0 Å². The molecule has 0 atom stereocenters. The van der Waals surface area contributed by atoms with Crippen LogP contribution in [0.15, 0.2) is 146 Å². The molecule has 0 aliphatic carbocycles. The van der Waals surface area contributed by atoms with Crippen molar-refractivity contribution in [1.29, 1.82) is 0 Å². The van der Waals surface area contributed by atoms with E-state index in [0.717, 1.165) is 0 Å². The Hall–Kier alpha value is -3.38. The molecule has 0 saturated heterocycles. The van der Waals surface area contributed by atoms with Crippen molar-refractivity contribution in [2.45, 2.75) is 146 Å². The molecule has 47 heavy (non-hydrogen) atoms. The molecular weight excluding hydrogens is 565 g/mol. The van der Waals surface area contributed by atoms with Gasteiger partial charge in [0.05, 0.1) is 0 Å². The molecule has 0 spiro atoms. The summed E-state index contributed by atoms with van der Waals surface area (Å²) in [6.07, 6.45) is 4.00. The quantitative estimate of drug-likeness (QED) is 0.179. The van der Waals surface area contributed by atoms with Crippen LogP contribution in [0.2, 0.25) is 0 Å². The van der Waals surface area contributed by atoms with E-state index in [-0.39, 0.29) is 7.43 Å². The standard InChI is InChI=1S/C12H10.2C6H6.C4H8.9C2H6.CH4/c1-3-7-11(8-4-1)12-9-5-2-6-10-12;2*1-2-4-6-5-3-1;1-3-4-2;9*1-2;/h1-10H;2*1-6H;3-4H,1-2H3;9*1-2H3;1H4/b;;;4-3+;;;;;;;;;;. The molecule has 4 aromatic rings. The van der Waals surface area contributed by atoms with E-state index in [1.165, 1.54) is 11.1 Å². The number of allylic oxidation sites excluding steroid dienone is 2. The predicted molar refractivity (Wildman–Crippen MR) is 234 cm³/mol. The predicted octanol–water partition coefficient (Wildman–Crippen LogP) is 18.2. The molecule has 0 heterocycles. The maximum atomic E-state index is 2.12. The molecule has 0 amide bonds. The van der Waals surface area contributed by atoms with Crippen molar-refractivity contribution >= 4 is 0 Å². The Morgan fingerprint density at radius 3 is 0.447 bits per heavy atom. The summed E-state index contributed by atoms with van der Waals surface area (Å²) >= 11 is 0. The van der Waals surface area contributed by atoms with E-state index in [1.54, 1.807) is 0 Å². The molecule has 0 saturated carbocycles. The summed E-state index contributed by atoms with van der Waals surface area (Å²) in [5.41, 5.74) is 2.55. The highest BCUT2D eigenvalue weighted by Crippen LogP contribution is 2.17. The first kappa shape index (κ1) is 70.1. The maximum absolute atomic E-state index is 2.12. The molecule has 0 heteroatoms. The van der Waals surface area contributed by atoms with Crippen LogP contribution in [0.4, 0.5) is 0 Å². The molecule has 0 aromatic heterocycles. The Morgan fingerprint density at radius 1 is 0.234 bits per heavy atom. The van der Waals surface area contributed by atoms with Gasteiger partial charge in [-0.15, -0.1) is 0 Å². The van der Waals surface area contributed by atoms with Crippen molar-refractivity contribution < 1.29 is 0 Å². The second-order valence-electron chi connectivity index (χ2n) is 5.71. The van der Waals surface area contributed by atoms with Gasteiger partial charge in [-0.2, -0.15) is 0 Å². The monoisotopic (exact) mass is 653 g/mol. The van der Waals surface area contributed by atoms with Crippen LogP contribution in [0.25, 0.3) is 11.1 Å². The minimum absolute atomic E-state index is 0. The second kappa shape index (κ2) is 104. The van der Waals surface area contributed by atoms with Crippen LogP contribution in [0.3, 0.4) is 0 Å². The lowest BCUT2D eigenvalue weighted by Gasteiger charge is -1.98. The summed E-state index contributed by atoms with van der Waals surface area (Å²) in [6, 6.07) is 44.8. The van der Waals surface area contributed by atoms with Crippen LogP contribution in [0.1, 0.15) is 146 Å². The van der Waals surface area contributed by atoms with Gasteiger partial charge in [-0.05, 0) is 25.0 Å².